The molecule has 2 heterocycles. The maximum atomic E-state index is 13.7. The minimum atomic E-state index is -4.81. The van der Waals surface area contributed by atoms with E-state index in [1.54, 1.807) is 29.2 Å². The minimum absolute atomic E-state index is 0.00345. The molecule has 0 saturated carbocycles. The predicted molar refractivity (Wildman–Crippen MR) is 137 cm³/mol. The van der Waals surface area contributed by atoms with Crippen molar-refractivity contribution in [2.24, 2.45) is 0 Å². The van der Waals surface area contributed by atoms with E-state index in [0.717, 1.165) is 10.5 Å². The molecule has 1 aliphatic rings. The van der Waals surface area contributed by atoms with Gasteiger partial charge in [0.1, 0.15) is 11.9 Å². The number of hydrogen-bond donors (Lipinski definition) is 2. The van der Waals surface area contributed by atoms with Gasteiger partial charge in [0.2, 0.25) is 11.7 Å². The van der Waals surface area contributed by atoms with E-state index >= 15 is 0 Å². The molecule has 2 aromatic carbocycles. The van der Waals surface area contributed by atoms with Crippen molar-refractivity contribution in [3.05, 3.63) is 71.5 Å². The lowest BCUT2D eigenvalue weighted by molar-refractivity contribution is -0.144. The molecule has 0 bridgehead atoms. The minimum Gasteiger partial charge on any atom is -0.465 e. The van der Waals surface area contributed by atoms with Crippen LogP contribution in [0.25, 0.3) is 11.3 Å². The number of carbonyl (C=O) groups is 2. The number of carbonyl (C=O) groups excluding carboxylic acids is 1. The number of amides is 2. The van der Waals surface area contributed by atoms with Gasteiger partial charge in [-0.2, -0.15) is 18.4 Å². The summed E-state index contributed by atoms with van der Waals surface area (Å²) in [5.41, 5.74) is 2.16. The molecule has 1 unspecified atom stereocenters. The van der Waals surface area contributed by atoms with Crippen LogP contribution in [-0.4, -0.2) is 53.3 Å². The zero-order valence-electron chi connectivity index (χ0n) is 20.9. The smallest absolute Gasteiger partial charge is 0.451 e. The van der Waals surface area contributed by atoms with E-state index in [0.29, 0.717) is 49.2 Å². The van der Waals surface area contributed by atoms with Crippen LogP contribution in [0.15, 0.2) is 54.6 Å². The normalized spacial score (nSPS) is 15.1. The zero-order valence-corrected chi connectivity index (χ0v) is 20.9. The van der Waals surface area contributed by atoms with Crippen molar-refractivity contribution in [3.8, 4) is 17.3 Å². The Balaban J connectivity index is 1.54. The van der Waals surface area contributed by atoms with Crippen molar-refractivity contribution in [3.63, 3.8) is 0 Å². The van der Waals surface area contributed by atoms with Crippen LogP contribution in [0.3, 0.4) is 0 Å². The van der Waals surface area contributed by atoms with Gasteiger partial charge in [0.25, 0.3) is 0 Å². The van der Waals surface area contributed by atoms with Crippen molar-refractivity contribution in [2.75, 3.05) is 29.9 Å². The van der Waals surface area contributed by atoms with Crippen molar-refractivity contribution >= 4 is 23.5 Å². The summed E-state index contributed by atoms with van der Waals surface area (Å²) in [6.45, 7) is 0.679. The maximum absolute atomic E-state index is 13.7. The zero-order chi connectivity index (χ0) is 28.2. The second-order valence-corrected chi connectivity index (χ2v) is 9.02. The Morgan fingerprint density at radius 1 is 1.15 bits per heavy atom. The van der Waals surface area contributed by atoms with Crippen molar-refractivity contribution < 1.29 is 27.9 Å². The van der Waals surface area contributed by atoms with Crippen LogP contribution in [0, 0.1) is 11.3 Å². The molecule has 39 heavy (non-hydrogen) atoms. The third kappa shape index (κ3) is 6.43. The molecular formula is C27H25F3N6O3. The van der Waals surface area contributed by atoms with Gasteiger partial charge in [-0.15, -0.1) is 0 Å². The average molecular weight is 539 g/mol. The molecular weight excluding hydrogens is 513 g/mol. The van der Waals surface area contributed by atoms with Gasteiger partial charge >= 0.3 is 12.3 Å². The van der Waals surface area contributed by atoms with E-state index < -0.39 is 24.1 Å². The quantitative estimate of drug-likeness (QED) is 0.455. The van der Waals surface area contributed by atoms with Crippen LogP contribution in [0.1, 0.15) is 29.8 Å². The summed E-state index contributed by atoms with van der Waals surface area (Å²) in [6.07, 6.45) is -4.40. The third-order valence-electron chi connectivity index (χ3n) is 6.45. The van der Waals surface area contributed by atoms with E-state index in [1.165, 1.54) is 37.4 Å². The van der Waals surface area contributed by atoms with Crippen molar-refractivity contribution in [1.82, 2.24) is 15.3 Å². The highest BCUT2D eigenvalue weighted by molar-refractivity contribution is 5.86. The fourth-order valence-electron chi connectivity index (χ4n) is 4.33. The third-order valence-corrected chi connectivity index (χ3v) is 6.45. The Bertz CT molecular complexity index is 1390. The molecule has 0 spiro atoms. The standard InChI is InChI=1S/C27H25F3N6O3/c1-35(26(38)39)20-10-8-19(9-11-20)21-15-23(34-25(33-21)27(28,29)30)36-14-2-3-22(36)24(37)32-13-12-17-4-6-18(16-31)7-5-17/h4-11,15,22H,2-3,12-14H2,1H3,(H,32,37)(H,38,39). The van der Waals surface area contributed by atoms with E-state index in [9.17, 15) is 22.8 Å². The molecule has 12 heteroatoms. The molecule has 4 rings (SSSR count). The lowest BCUT2D eigenvalue weighted by atomic mass is 10.1. The highest BCUT2D eigenvalue weighted by atomic mass is 19.4. The van der Waals surface area contributed by atoms with E-state index in [1.807, 2.05) is 6.07 Å². The number of rotatable bonds is 7. The number of nitriles is 1. The summed E-state index contributed by atoms with van der Waals surface area (Å²) < 4.78 is 41.2. The van der Waals surface area contributed by atoms with Gasteiger partial charge in [0.15, 0.2) is 0 Å². The number of hydrogen-bond acceptors (Lipinski definition) is 6. The Hall–Kier alpha value is -4.66. The van der Waals surface area contributed by atoms with Gasteiger partial charge in [0, 0.05) is 37.5 Å². The monoisotopic (exact) mass is 538 g/mol. The van der Waals surface area contributed by atoms with Crippen LogP contribution in [0.2, 0.25) is 0 Å². The van der Waals surface area contributed by atoms with Gasteiger partial charge in [-0.1, -0.05) is 24.3 Å². The first-order valence-electron chi connectivity index (χ1n) is 12.1. The second-order valence-electron chi connectivity index (χ2n) is 9.02. The number of nitrogens with one attached hydrogen (secondary N) is 1. The lowest BCUT2D eigenvalue weighted by Crippen LogP contribution is -2.44. The van der Waals surface area contributed by atoms with Crippen LogP contribution in [-0.2, 0) is 17.4 Å². The van der Waals surface area contributed by atoms with Gasteiger partial charge in [0.05, 0.1) is 17.3 Å². The molecule has 0 aliphatic carbocycles. The molecule has 2 N–H and O–H groups in total. The molecule has 2 amide bonds. The molecule has 1 aromatic heterocycles. The number of alkyl halides is 3. The van der Waals surface area contributed by atoms with Crippen LogP contribution in [0.4, 0.5) is 29.5 Å². The summed E-state index contributed by atoms with van der Waals surface area (Å²) in [4.78, 5) is 34.2. The second kappa shape index (κ2) is 11.4. The Morgan fingerprint density at radius 3 is 2.46 bits per heavy atom. The summed E-state index contributed by atoms with van der Waals surface area (Å²) >= 11 is 0. The number of halogens is 3. The largest absolute Gasteiger partial charge is 0.465 e. The number of anilines is 2. The van der Waals surface area contributed by atoms with Crippen LogP contribution >= 0.6 is 0 Å². The van der Waals surface area contributed by atoms with E-state index in [4.69, 9.17) is 10.4 Å². The first-order valence-corrected chi connectivity index (χ1v) is 12.1. The number of benzene rings is 2. The lowest BCUT2D eigenvalue weighted by Gasteiger charge is -2.26. The topological polar surface area (TPSA) is 122 Å². The SMILES string of the molecule is CN(C(=O)O)c1ccc(-c2cc(N3CCCC3C(=O)NCCc3ccc(C#N)cc3)nc(C(F)(F)F)n2)cc1. The molecule has 1 saturated heterocycles. The highest BCUT2D eigenvalue weighted by Gasteiger charge is 2.38. The van der Waals surface area contributed by atoms with Gasteiger partial charge < -0.3 is 15.3 Å². The fraction of sp³-hybridized carbons (Fsp3) is 0.296. The van der Waals surface area contributed by atoms with Crippen molar-refractivity contribution in [1.29, 1.82) is 5.26 Å². The molecule has 9 nitrogen and oxygen atoms in total. The van der Waals surface area contributed by atoms with Crippen LogP contribution in [0.5, 0.6) is 0 Å². The number of carboxylic acid groups (broad SMARTS) is 1. The Labute approximate surface area is 222 Å². The van der Waals surface area contributed by atoms with Gasteiger partial charge in [-0.3, -0.25) is 9.69 Å². The molecule has 1 fully saturated rings. The number of aromatic nitrogens is 2. The first-order chi connectivity index (χ1) is 18.6. The average Bonchev–Trinajstić information content (AvgIpc) is 3.43. The predicted octanol–water partition coefficient (Wildman–Crippen LogP) is 4.48. The summed E-state index contributed by atoms with van der Waals surface area (Å²) in [5, 5.41) is 20.9. The summed E-state index contributed by atoms with van der Waals surface area (Å²) in [7, 11) is 1.35. The molecule has 3 aromatic rings. The molecule has 0 radical (unpaired) electrons. The first kappa shape index (κ1) is 27.4. The molecule has 202 valence electrons. The summed E-state index contributed by atoms with van der Waals surface area (Å²) in [6, 6.07) is 15.7. The highest BCUT2D eigenvalue weighted by Crippen LogP contribution is 2.33. The van der Waals surface area contributed by atoms with Crippen LogP contribution < -0.4 is 15.1 Å². The Kier molecular flexibility index (Phi) is 7.99. The van der Waals surface area contributed by atoms with E-state index in [-0.39, 0.29) is 17.4 Å². The maximum Gasteiger partial charge on any atom is 0.451 e. The van der Waals surface area contributed by atoms with E-state index in [2.05, 4.69) is 15.3 Å². The van der Waals surface area contributed by atoms with Crippen molar-refractivity contribution in [2.45, 2.75) is 31.5 Å². The number of nitrogens with zero attached hydrogens (tertiary/aromatic N) is 5. The molecule has 1 atom stereocenters. The summed E-state index contributed by atoms with van der Waals surface area (Å²) in [5.74, 6) is -1.65. The molecule has 1 aliphatic heterocycles. The van der Waals surface area contributed by atoms with Gasteiger partial charge in [-0.05, 0) is 49.1 Å². The Morgan fingerprint density at radius 2 is 1.85 bits per heavy atom. The van der Waals surface area contributed by atoms with Gasteiger partial charge in [-0.25, -0.2) is 14.8 Å². The fourth-order valence-corrected chi connectivity index (χ4v) is 4.33.